The van der Waals surface area contributed by atoms with Crippen LogP contribution in [0, 0.1) is 11.8 Å². The van der Waals surface area contributed by atoms with Crippen molar-refractivity contribution in [2.24, 2.45) is 5.73 Å². The highest BCUT2D eigenvalue weighted by molar-refractivity contribution is 5.77. The third kappa shape index (κ3) is 4.70. The monoisotopic (exact) mass is 234 g/mol. The minimum Gasteiger partial charge on any atom is -0.344 e. The molecule has 0 unspecified atom stereocenters. The summed E-state index contributed by atoms with van der Waals surface area (Å²) >= 11 is 0. The number of imidazole rings is 1. The van der Waals surface area contributed by atoms with Crippen molar-refractivity contribution in [3.8, 4) is 11.8 Å². The lowest BCUT2D eigenvalue weighted by atomic mass is 10.3. The quantitative estimate of drug-likeness (QED) is 0.700. The fourth-order valence-corrected chi connectivity index (χ4v) is 1.37. The van der Waals surface area contributed by atoms with Gasteiger partial charge in [0.05, 0.1) is 19.5 Å². The van der Waals surface area contributed by atoms with Gasteiger partial charge >= 0.3 is 0 Å². The van der Waals surface area contributed by atoms with Gasteiger partial charge in [0.15, 0.2) is 0 Å². The van der Waals surface area contributed by atoms with E-state index in [2.05, 4.69) is 33.6 Å². The molecule has 1 rings (SSSR count). The molecule has 17 heavy (non-hydrogen) atoms. The molecular formula is C12H18N4O. The van der Waals surface area contributed by atoms with Gasteiger partial charge < -0.3 is 15.6 Å². The van der Waals surface area contributed by atoms with E-state index in [4.69, 9.17) is 5.73 Å². The van der Waals surface area contributed by atoms with Gasteiger partial charge in [-0.05, 0) is 6.42 Å². The summed E-state index contributed by atoms with van der Waals surface area (Å²) in [7, 11) is 0. The molecule has 1 heterocycles. The molecule has 0 aliphatic carbocycles. The minimum absolute atomic E-state index is 0.00257. The van der Waals surface area contributed by atoms with E-state index in [-0.39, 0.29) is 12.5 Å². The third-order valence-corrected chi connectivity index (χ3v) is 2.20. The van der Waals surface area contributed by atoms with Crippen molar-refractivity contribution in [1.29, 1.82) is 0 Å². The molecule has 1 aromatic rings. The van der Waals surface area contributed by atoms with Gasteiger partial charge in [-0.1, -0.05) is 18.8 Å². The summed E-state index contributed by atoms with van der Waals surface area (Å²) in [6, 6.07) is 0. The minimum atomic E-state index is -0.188. The Balaban J connectivity index is 2.37. The summed E-state index contributed by atoms with van der Waals surface area (Å²) in [6.07, 6.45) is 5.41. The lowest BCUT2D eigenvalue weighted by Crippen LogP contribution is -2.30. The molecular weight excluding hydrogens is 216 g/mol. The molecule has 0 aliphatic heterocycles. The zero-order chi connectivity index (χ0) is 12.5. The van der Waals surface area contributed by atoms with Crippen molar-refractivity contribution >= 4 is 5.91 Å². The first-order valence-corrected chi connectivity index (χ1v) is 5.70. The van der Waals surface area contributed by atoms with E-state index >= 15 is 0 Å². The number of rotatable bonds is 5. The fraction of sp³-hybridized carbons (Fsp3) is 0.500. The number of aryl methyl sites for hydroxylation is 1. The smallest absolute Gasteiger partial charge is 0.234 e. The van der Waals surface area contributed by atoms with Crippen LogP contribution in [0.5, 0.6) is 0 Å². The van der Waals surface area contributed by atoms with Crippen LogP contribution in [-0.2, 0) is 17.8 Å². The number of amides is 1. The molecule has 3 N–H and O–H groups in total. The molecule has 1 aromatic heterocycles. The summed E-state index contributed by atoms with van der Waals surface area (Å²) < 4.78 is 2.09. The highest BCUT2D eigenvalue weighted by Crippen LogP contribution is 1.99. The summed E-state index contributed by atoms with van der Waals surface area (Å²) in [4.78, 5) is 15.1. The molecule has 0 bridgehead atoms. The Hall–Kier alpha value is -1.80. The third-order valence-electron chi connectivity index (χ3n) is 2.20. The maximum atomic E-state index is 10.8. The van der Waals surface area contributed by atoms with Crippen molar-refractivity contribution in [2.75, 3.05) is 13.1 Å². The van der Waals surface area contributed by atoms with Crippen LogP contribution in [0.4, 0.5) is 0 Å². The average Bonchev–Trinajstić information content (AvgIpc) is 2.76. The molecule has 92 valence electrons. The fourth-order valence-electron chi connectivity index (χ4n) is 1.37. The Labute approximate surface area is 101 Å². The standard InChI is InChI=1S/C12H18N4O/c1-2-8-16-9-7-14-11(16)5-3-4-6-15-12(17)10-13/h7,9H,2,5-6,8,10,13H2,1H3,(H,15,17). The maximum Gasteiger partial charge on any atom is 0.234 e. The van der Waals surface area contributed by atoms with Crippen LogP contribution >= 0.6 is 0 Å². The second kappa shape index (κ2) is 7.47. The lowest BCUT2D eigenvalue weighted by Gasteiger charge is -2.02. The predicted molar refractivity (Wildman–Crippen MR) is 66.1 cm³/mol. The van der Waals surface area contributed by atoms with Gasteiger partial charge in [-0.15, -0.1) is 0 Å². The average molecular weight is 234 g/mol. The molecule has 0 aliphatic rings. The van der Waals surface area contributed by atoms with Crippen LogP contribution < -0.4 is 11.1 Å². The lowest BCUT2D eigenvalue weighted by molar-refractivity contribution is -0.119. The van der Waals surface area contributed by atoms with Crippen molar-refractivity contribution in [3.63, 3.8) is 0 Å². The largest absolute Gasteiger partial charge is 0.344 e. The van der Waals surface area contributed by atoms with Gasteiger partial charge in [0.1, 0.15) is 5.82 Å². The Morgan fingerprint density at radius 2 is 2.41 bits per heavy atom. The second-order valence-corrected chi connectivity index (χ2v) is 3.55. The summed E-state index contributed by atoms with van der Waals surface area (Å²) in [5.41, 5.74) is 5.14. The van der Waals surface area contributed by atoms with Crippen molar-refractivity contribution < 1.29 is 4.79 Å². The van der Waals surface area contributed by atoms with E-state index in [0.29, 0.717) is 13.0 Å². The molecule has 0 aromatic carbocycles. The Morgan fingerprint density at radius 1 is 1.59 bits per heavy atom. The van der Waals surface area contributed by atoms with E-state index in [1.165, 1.54) is 0 Å². The molecule has 5 nitrogen and oxygen atoms in total. The summed E-state index contributed by atoms with van der Waals surface area (Å²) in [5.74, 6) is 6.62. The number of carbonyl (C=O) groups excluding carboxylic acids is 1. The summed E-state index contributed by atoms with van der Waals surface area (Å²) in [5, 5.41) is 2.59. The molecule has 0 saturated carbocycles. The normalized spacial score (nSPS) is 9.53. The number of carbonyl (C=O) groups is 1. The van der Waals surface area contributed by atoms with Gasteiger partial charge in [-0.3, -0.25) is 4.79 Å². The van der Waals surface area contributed by atoms with Crippen molar-refractivity contribution in [2.45, 2.75) is 26.3 Å². The number of nitrogens with two attached hydrogens (primary N) is 1. The van der Waals surface area contributed by atoms with E-state index < -0.39 is 0 Å². The topological polar surface area (TPSA) is 72.9 Å². The van der Waals surface area contributed by atoms with Crippen molar-refractivity contribution in [1.82, 2.24) is 14.9 Å². The predicted octanol–water partition coefficient (Wildman–Crippen LogP) is -0.0861. The van der Waals surface area contributed by atoms with E-state index in [1.807, 2.05) is 6.20 Å². The van der Waals surface area contributed by atoms with Crippen LogP contribution in [-0.4, -0.2) is 28.5 Å². The van der Waals surface area contributed by atoms with Crippen LogP contribution in [0.2, 0.25) is 0 Å². The molecule has 0 fully saturated rings. The van der Waals surface area contributed by atoms with Gasteiger partial charge in [0.2, 0.25) is 5.91 Å². The Bertz CT molecular complexity index is 414. The van der Waals surface area contributed by atoms with Crippen LogP contribution in [0.25, 0.3) is 0 Å². The van der Waals surface area contributed by atoms with Crippen LogP contribution in [0.1, 0.15) is 19.2 Å². The first-order valence-electron chi connectivity index (χ1n) is 5.70. The van der Waals surface area contributed by atoms with E-state index in [0.717, 1.165) is 18.8 Å². The number of hydrogen-bond donors (Lipinski definition) is 2. The zero-order valence-electron chi connectivity index (χ0n) is 10.1. The first kappa shape index (κ1) is 13.3. The first-order chi connectivity index (χ1) is 8.27. The number of hydrogen-bond acceptors (Lipinski definition) is 3. The SMILES string of the molecule is CCCn1ccnc1CC#CCNC(=O)CN. The highest BCUT2D eigenvalue weighted by atomic mass is 16.1. The Morgan fingerprint density at radius 3 is 3.12 bits per heavy atom. The van der Waals surface area contributed by atoms with Gasteiger partial charge in [0, 0.05) is 18.9 Å². The van der Waals surface area contributed by atoms with Crippen molar-refractivity contribution in [3.05, 3.63) is 18.2 Å². The molecule has 0 spiro atoms. The molecule has 0 atom stereocenters. The van der Waals surface area contributed by atoms with Gasteiger partial charge in [0.25, 0.3) is 0 Å². The molecule has 1 amide bonds. The van der Waals surface area contributed by atoms with Gasteiger partial charge in [-0.2, -0.15) is 0 Å². The molecule has 5 heteroatoms. The van der Waals surface area contributed by atoms with Crippen LogP contribution in [0.15, 0.2) is 12.4 Å². The van der Waals surface area contributed by atoms with Crippen LogP contribution in [0.3, 0.4) is 0 Å². The number of nitrogens with one attached hydrogen (secondary N) is 1. The van der Waals surface area contributed by atoms with E-state index in [1.54, 1.807) is 6.20 Å². The Kier molecular flexibility index (Phi) is 5.83. The zero-order valence-corrected chi connectivity index (χ0v) is 10.1. The van der Waals surface area contributed by atoms with Gasteiger partial charge in [-0.25, -0.2) is 4.98 Å². The number of aromatic nitrogens is 2. The van der Waals surface area contributed by atoms with E-state index in [9.17, 15) is 4.79 Å². The highest BCUT2D eigenvalue weighted by Gasteiger charge is 1.98. The summed E-state index contributed by atoms with van der Waals surface area (Å²) in [6.45, 7) is 3.42. The maximum absolute atomic E-state index is 10.8. The molecule has 0 radical (unpaired) electrons. The number of nitrogens with zero attached hydrogens (tertiary/aromatic N) is 2. The second-order valence-electron chi connectivity index (χ2n) is 3.55. The molecule has 0 saturated heterocycles.